The van der Waals surface area contributed by atoms with Gasteiger partial charge < -0.3 is 15.1 Å². The third kappa shape index (κ3) is 5.09. The minimum absolute atomic E-state index is 0.0244. The van der Waals surface area contributed by atoms with E-state index in [0.29, 0.717) is 32.2 Å². The Morgan fingerprint density at radius 2 is 2.10 bits per heavy atom. The Balaban J connectivity index is 1.58. The number of rotatable bonds is 9. The van der Waals surface area contributed by atoms with Crippen molar-refractivity contribution < 1.29 is 28.6 Å². The fourth-order valence-electron chi connectivity index (χ4n) is 3.38. The topological polar surface area (TPSA) is 90.7 Å². The van der Waals surface area contributed by atoms with Gasteiger partial charge in [0.25, 0.3) is 0 Å². The van der Waals surface area contributed by atoms with E-state index < -0.39 is 18.0 Å². The lowest BCUT2D eigenvalue weighted by Crippen LogP contribution is -2.34. The monoisotopic (exact) mass is 436 g/mol. The number of aryl methyl sites for hydroxylation is 1. The molecule has 0 radical (unpaired) electrons. The smallest absolute Gasteiger partial charge is 0.365 e. The molecule has 2 atom stereocenters. The van der Waals surface area contributed by atoms with Crippen LogP contribution in [0.1, 0.15) is 39.5 Å². The molecular weight excluding hydrogens is 414 g/mol. The summed E-state index contributed by atoms with van der Waals surface area (Å²) in [5, 5.41) is 19.0. The number of aromatic carboxylic acids is 1. The molecule has 1 aliphatic rings. The molecule has 1 aromatic heterocycles. The summed E-state index contributed by atoms with van der Waals surface area (Å²) in [5.74, 6) is -4.57. The maximum absolute atomic E-state index is 14.4. The molecule has 6 nitrogen and oxygen atoms in total. The predicted octanol–water partition coefficient (Wildman–Crippen LogP) is 3.47. The van der Waals surface area contributed by atoms with Gasteiger partial charge in [0, 0.05) is 29.6 Å². The number of likely N-dealkylation sites (tertiary alicyclic amines) is 1. The summed E-state index contributed by atoms with van der Waals surface area (Å²) in [7, 11) is 0. The van der Waals surface area contributed by atoms with E-state index in [0.717, 1.165) is 22.3 Å². The van der Waals surface area contributed by atoms with Crippen molar-refractivity contribution in [2.45, 2.75) is 43.8 Å². The molecule has 30 heavy (non-hydrogen) atoms. The van der Waals surface area contributed by atoms with Crippen LogP contribution in [-0.4, -0.2) is 50.7 Å². The Bertz CT molecular complexity index is 917. The Hall–Kier alpha value is -2.65. The number of amides is 1. The van der Waals surface area contributed by atoms with E-state index in [4.69, 9.17) is 5.11 Å². The van der Waals surface area contributed by atoms with Gasteiger partial charge in [0.2, 0.25) is 10.9 Å². The zero-order chi connectivity index (χ0) is 21.7. The molecule has 1 aliphatic heterocycles. The van der Waals surface area contributed by atoms with Crippen LogP contribution >= 0.6 is 11.3 Å². The number of benzene rings is 1. The van der Waals surface area contributed by atoms with Gasteiger partial charge in [0.1, 0.15) is 6.10 Å². The zero-order valence-electron chi connectivity index (χ0n) is 16.1. The van der Waals surface area contributed by atoms with E-state index in [2.05, 4.69) is 4.98 Å². The van der Waals surface area contributed by atoms with Crippen LogP contribution in [0.15, 0.2) is 48.7 Å². The van der Waals surface area contributed by atoms with E-state index in [1.165, 1.54) is 36.5 Å². The van der Waals surface area contributed by atoms with E-state index in [-0.39, 0.29) is 22.5 Å². The number of carbonyl (C=O) groups excluding carboxylic acids is 1. The number of carbonyl (C=O) groups is 2. The summed E-state index contributed by atoms with van der Waals surface area (Å²) in [6.45, 7) is 0.416. The number of hydrogen-bond acceptors (Lipinski definition) is 5. The summed E-state index contributed by atoms with van der Waals surface area (Å²) < 4.78 is 28.8. The molecule has 1 saturated heterocycles. The number of aliphatic hydroxyl groups is 1. The molecule has 1 aromatic carbocycles. The van der Waals surface area contributed by atoms with Gasteiger partial charge >= 0.3 is 11.9 Å². The number of alkyl halides is 2. The van der Waals surface area contributed by atoms with Crippen LogP contribution in [0.4, 0.5) is 8.78 Å². The van der Waals surface area contributed by atoms with Crippen molar-refractivity contribution in [3.05, 3.63) is 64.1 Å². The lowest BCUT2D eigenvalue weighted by molar-refractivity contribution is -0.128. The number of carboxylic acids is 1. The largest absolute Gasteiger partial charge is 0.476 e. The Morgan fingerprint density at radius 3 is 2.77 bits per heavy atom. The summed E-state index contributed by atoms with van der Waals surface area (Å²) in [4.78, 5) is 29.3. The van der Waals surface area contributed by atoms with Gasteiger partial charge in [-0.2, -0.15) is 8.78 Å². The van der Waals surface area contributed by atoms with Crippen LogP contribution in [0, 0.1) is 0 Å². The number of thiazole rings is 1. The number of hydrogen-bond donors (Lipinski definition) is 2. The van der Waals surface area contributed by atoms with Crippen LogP contribution < -0.4 is 0 Å². The highest BCUT2D eigenvalue weighted by Crippen LogP contribution is 2.32. The average molecular weight is 436 g/mol. The van der Waals surface area contributed by atoms with Crippen molar-refractivity contribution >= 4 is 23.2 Å². The first kappa shape index (κ1) is 22.0. The summed E-state index contributed by atoms with van der Waals surface area (Å²) >= 11 is 1.10. The van der Waals surface area contributed by atoms with Gasteiger partial charge in [-0.25, -0.2) is 9.78 Å². The highest BCUT2D eigenvalue weighted by molar-refractivity contribution is 7.13. The Kier molecular flexibility index (Phi) is 6.94. The van der Waals surface area contributed by atoms with Gasteiger partial charge in [-0.1, -0.05) is 42.5 Å². The maximum atomic E-state index is 14.4. The molecule has 0 saturated carbocycles. The lowest BCUT2D eigenvalue weighted by atomic mass is 10.0. The highest BCUT2D eigenvalue weighted by atomic mass is 32.1. The second-order valence-electron chi connectivity index (χ2n) is 7.05. The molecular formula is C21H22F2N2O4S. The van der Waals surface area contributed by atoms with Crippen molar-refractivity contribution in [3.8, 4) is 0 Å². The first-order chi connectivity index (χ1) is 14.3. The van der Waals surface area contributed by atoms with Crippen LogP contribution in [0.2, 0.25) is 0 Å². The molecule has 1 fully saturated rings. The van der Waals surface area contributed by atoms with Crippen LogP contribution in [-0.2, 0) is 17.1 Å². The van der Waals surface area contributed by atoms with Crippen LogP contribution in [0.5, 0.6) is 0 Å². The number of aliphatic hydroxyl groups excluding tert-OH is 1. The number of nitrogens with zero attached hydrogens (tertiary/aromatic N) is 2. The second-order valence-corrected chi connectivity index (χ2v) is 8.17. The first-order valence-corrected chi connectivity index (χ1v) is 10.4. The molecule has 0 aliphatic carbocycles. The molecule has 2 aromatic rings. The third-order valence-electron chi connectivity index (χ3n) is 4.98. The van der Waals surface area contributed by atoms with E-state index >= 15 is 0 Å². The lowest BCUT2D eigenvalue weighted by Gasteiger charge is -2.24. The minimum Gasteiger partial charge on any atom is -0.476 e. The highest BCUT2D eigenvalue weighted by Gasteiger charge is 2.39. The number of carboxylic acid groups (broad SMARTS) is 1. The molecule has 1 unspecified atom stereocenters. The van der Waals surface area contributed by atoms with Gasteiger partial charge in [0.15, 0.2) is 0 Å². The van der Waals surface area contributed by atoms with Crippen molar-refractivity contribution in [1.82, 2.24) is 9.88 Å². The van der Waals surface area contributed by atoms with E-state index in [9.17, 15) is 23.5 Å². The van der Waals surface area contributed by atoms with Crippen LogP contribution in [0.3, 0.4) is 0 Å². The number of aromatic nitrogens is 1. The van der Waals surface area contributed by atoms with E-state index in [1.807, 2.05) is 0 Å². The molecule has 0 spiro atoms. The second kappa shape index (κ2) is 9.44. The van der Waals surface area contributed by atoms with Crippen LogP contribution in [0.25, 0.3) is 0 Å². The molecule has 0 bridgehead atoms. The molecule has 9 heteroatoms. The summed E-state index contributed by atoms with van der Waals surface area (Å²) in [6, 6.07) is 6.77. The predicted molar refractivity (Wildman–Crippen MR) is 108 cm³/mol. The molecule has 2 N–H and O–H groups in total. The van der Waals surface area contributed by atoms with Gasteiger partial charge in [-0.05, 0) is 19.3 Å². The fraction of sp³-hybridized carbons (Fsp3) is 0.381. The molecule has 3 rings (SSSR count). The normalized spacial score (nSPS) is 18.3. The van der Waals surface area contributed by atoms with Crippen molar-refractivity contribution in [2.24, 2.45) is 0 Å². The van der Waals surface area contributed by atoms with Crippen molar-refractivity contribution in [3.63, 3.8) is 0 Å². The van der Waals surface area contributed by atoms with E-state index in [1.54, 1.807) is 11.0 Å². The van der Waals surface area contributed by atoms with Crippen molar-refractivity contribution in [1.29, 1.82) is 0 Å². The third-order valence-corrected chi connectivity index (χ3v) is 6.02. The first-order valence-electron chi connectivity index (χ1n) is 9.56. The Labute approximate surface area is 176 Å². The van der Waals surface area contributed by atoms with Crippen molar-refractivity contribution in [2.75, 3.05) is 6.54 Å². The van der Waals surface area contributed by atoms with Gasteiger partial charge in [0.05, 0.1) is 6.04 Å². The molecule has 2 heterocycles. The van der Waals surface area contributed by atoms with Gasteiger partial charge in [-0.3, -0.25) is 4.79 Å². The summed E-state index contributed by atoms with van der Waals surface area (Å²) in [5.41, 5.74) is -0.271. The number of halogens is 2. The average Bonchev–Trinajstić information content (AvgIpc) is 3.34. The molecule has 1 amide bonds. The maximum Gasteiger partial charge on any atom is 0.365 e. The standard InChI is InChI=1S/C21H22F2N2O4S/c22-21(23,14-5-2-1-3-6-14)17(26)10-8-15-9-11-18(27)25(15)12-4-7-16-13-24-19(30-16)20(28)29/h1-3,5-6,8,10,13,15,17,26H,4,7,9,11-12H2,(H,28,29)/t15-,17?/m0/s1. The summed E-state index contributed by atoms with van der Waals surface area (Å²) in [6.07, 6.45) is 4.04. The fourth-order valence-corrected chi connectivity index (χ4v) is 4.17. The SMILES string of the molecule is O=C(O)c1ncc(CCCN2C(=O)CC[C@@H]2C=CC(O)C(F)(F)c2ccccc2)s1. The Morgan fingerprint density at radius 1 is 1.37 bits per heavy atom. The van der Waals surface area contributed by atoms with Gasteiger partial charge in [-0.15, -0.1) is 11.3 Å². The zero-order valence-corrected chi connectivity index (χ0v) is 16.9. The quantitative estimate of drug-likeness (QED) is 0.588. The minimum atomic E-state index is -3.43. The molecule has 160 valence electrons.